The average Bonchev–Trinajstić information content (AvgIpc) is 2.15. The van der Waals surface area contributed by atoms with Crippen LogP contribution in [0, 0.1) is 0 Å². The van der Waals surface area contributed by atoms with Gasteiger partial charge in [-0.1, -0.05) is 12.1 Å². The number of ether oxygens (including phenoxy) is 1. The highest BCUT2D eigenvalue weighted by molar-refractivity contribution is 5.56. The fraction of sp³-hybridized carbons (Fsp3) is 0.400. The Labute approximate surface area is 78.9 Å². The van der Waals surface area contributed by atoms with Crippen LogP contribution in [0.2, 0.25) is 0 Å². The Morgan fingerprint density at radius 3 is 2.77 bits per heavy atom. The van der Waals surface area contributed by atoms with Crippen LogP contribution in [0.4, 0.5) is 5.69 Å². The minimum atomic E-state index is 0.143. The van der Waals surface area contributed by atoms with Gasteiger partial charge in [0.15, 0.2) is 0 Å². The molecule has 1 rings (SSSR count). The van der Waals surface area contributed by atoms with Crippen molar-refractivity contribution in [1.29, 1.82) is 0 Å². The average molecular weight is 180 g/mol. The first-order valence-corrected chi connectivity index (χ1v) is 4.36. The van der Waals surface area contributed by atoms with Gasteiger partial charge >= 0.3 is 0 Å². The highest BCUT2D eigenvalue weighted by atomic mass is 16.5. The van der Waals surface area contributed by atoms with Crippen LogP contribution in [-0.4, -0.2) is 19.7 Å². The Hall–Kier alpha value is -1.22. The minimum absolute atomic E-state index is 0.143. The van der Waals surface area contributed by atoms with Crippen molar-refractivity contribution in [3.05, 3.63) is 24.3 Å². The molecule has 0 bridgehead atoms. The summed E-state index contributed by atoms with van der Waals surface area (Å²) < 4.78 is 5.17. The third-order valence-corrected chi connectivity index (χ3v) is 1.72. The lowest BCUT2D eigenvalue weighted by Gasteiger charge is -2.12. The molecule has 3 N–H and O–H groups in total. The van der Waals surface area contributed by atoms with Gasteiger partial charge in [0.1, 0.15) is 5.75 Å². The second kappa shape index (κ2) is 4.72. The van der Waals surface area contributed by atoms with E-state index in [2.05, 4.69) is 5.32 Å². The van der Waals surface area contributed by atoms with E-state index in [1.54, 1.807) is 7.11 Å². The van der Waals surface area contributed by atoms with E-state index in [-0.39, 0.29) is 6.04 Å². The van der Waals surface area contributed by atoms with Crippen LogP contribution in [0.3, 0.4) is 0 Å². The van der Waals surface area contributed by atoms with Crippen molar-refractivity contribution in [3.63, 3.8) is 0 Å². The Kier molecular flexibility index (Phi) is 3.58. The summed E-state index contributed by atoms with van der Waals surface area (Å²) in [5, 5.41) is 3.21. The van der Waals surface area contributed by atoms with Gasteiger partial charge in [0.2, 0.25) is 0 Å². The number of methoxy groups -OCH3 is 1. The Balaban J connectivity index is 2.64. The van der Waals surface area contributed by atoms with E-state index in [9.17, 15) is 0 Å². The van der Waals surface area contributed by atoms with Gasteiger partial charge in [-0.2, -0.15) is 0 Å². The molecule has 13 heavy (non-hydrogen) atoms. The van der Waals surface area contributed by atoms with Crippen LogP contribution >= 0.6 is 0 Å². The second-order valence-electron chi connectivity index (χ2n) is 3.06. The molecular formula is C10H16N2O. The summed E-state index contributed by atoms with van der Waals surface area (Å²) in [7, 11) is 1.66. The normalized spacial score (nSPS) is 12.2. The first kappa shape index (κ1) is 9.86. The Morgan fingerprint density at radius 1 is 1.46 bits per heavy atom. The van der Waals surface area contributed by atoms with Crippen molar-refractivity contribution in [1.82, 2.24) is 0 Å². The molecule has 1 unspecified atom stereocenters. The van der Waals surface area contributed by atoms with Gasteiger partial charge in [-0.15, -0.1) is 0 Å². The minimum Gasteiger partial charge on any atom is -0.495 e. The predicted octanol–water partition coefficient (Wildman–Crippen LogP) is 1.45. The molecule has 0 aliphatic rings. The predicted molar refractivity (Wildman–Crippen MR) is 55.1 cm³/mol. The van der Waals surface area contributed by atoms with Crippen molar-refractivity contribution >= 4 is 5.69 Å². The molecule has 0 radical (unpaired) electrons. The van der Waals surface area contributed by atoms with Gasteiger partial charge < -0.3 is 15.8 Å². The maximum absolute atomic E-state index is 5.63. The van der Waals surface area contributed by atoms with Crippen LogP contribution in [0.5, 0.6) is 5.75 Å². The van der Waals surface area contributed by atoms with E-state index in [0.29, 0.717) is 0 Å². The van der Waals surface area contributed by atoms with Gasteiger partial charge in [0, 0.05) is 12.6 Å². The molecule has 1 atom stereocenters. The second-order valence-corrected chi connectivity index (χ2v) is 3.06. The number of anilines is 1. The lowest BCUT2D eigenvalue weighted by molar-refractivity contribution is 0.416. The summed E-state index contributed by atoms with van der Waals surface area (Å²) in [4.78, 5) is 0. The topological polar surface area (TPSA) is 47.3 Å². The van der Waals surface area contributed by atoms with Gasteiger partial charge in [0.25, 0.3) is 0 Å². The van der Waals surface area contributed by atoms with E-state index in [4.69, 9.17) is 10.5 Å². The van der Waals surface area contributed by atoms with Gasteiger partial charge in [-0.25, -0.2) is 0 Å². The molecule has 1 aromatic rings. The molecule has 3 nitrogen and oxygen atoms in total. The van der Waals surface area contributed by atoms with E-state index in [1.807, 2.05) is 31.2 Å². The molecule has 0 aliphatic carbocycles. The molecule has 72 valence electrons. The molecule has 0 saturated carbocycles. The molecule has 0 aromatic heterocycles. The van der Waals surface area contributed by atoms with Crippen LogP contribution in [0.1, 0.15) is 6.92 Å². The van der Waals surface area contributed by atoms with Gasteiger partial charge in [-0.05, 0) is 19.1 Å². The van der Waals surface area contributed by atoms with Crippen LogP contribution in [0.25, 0.3) is 0 Å². The standard InChI is InChI=1S/C10H16N2O/c1-8(11)7-12-9-5-3-4-6-10(9)13-2/h3-6,8,12H,7,11H2,1-2H3. The number of rotatable bonds is 4. The summed E-state index contributed by atoms with van der Waals surface area (Å²) in [5.41, 5.74) is 6.62. The number of para-hydroxylation sites is 2. The highest BCUT2D eigenvalue weighted by Gasteiger charge is 2.00. The molecule has 0 heterocycles. The molecule has 0 aliphatic heterocycles. The molecule has 0 fully saturated rings. The lowest BCUT2D eigenvalue weighted by Crippen LogP contribution is -2.25. The molecular weight excluding hydrogens is 164 g/mol. The molecule has 0 amide bonds. The van der Waals surface area contributed by atoms with Crippen molar-refractivity contribution in [2.24, 2.45) is 5.73 Å². The van der Waals surface area contributed by atoms with E-state index >= 15 is 0 Å². The van der Waals surface area contributed by atoms with Crippen molar-refractivity contribution < 1.29 is 4.74 Å². The zero-order valence-corrected chi connectivity index (χ0v) is 8.08. The van der Waals surface area contributed by atoms with E-state index in [0.717, 1.165) is 18.0 Å². The number of nitrogens with one attached hydrogen (secondary N) is 1. The first-order chi connectivity index (χ1) is 6.24. The van der Waals surface area contributed by atoms with E-state index in [1.165, 1.54) is 0 Å². The molecule has 3 heteroatoms. The smallest absolute Gasteiger partial charge is 0.141 e. The molecule has 0 spiro atoms. The maximum Gasteiger partial charge on any atom is 0.141 e. The fourth-order valence-electron chi connectivity index (χ4n) is 1.06. The number of benzene rings is 1. The third kappa shape index (κ3) is 2.95. The Morgan fingerprint density at radius 2 is 2.15 bits per heavy atom. The van der Waals surface area contributed by atoms with E-state index < -0.39 is 0 Å². The van der Waals surface area contributed by atoms with Gasteiger partial charge in [0.05, 0.1) is 12.8 Å². The Bertz CT molecular complexity index is 261. The number of nitrogens with two attached hydrogens (primary N) is 1. The van der Waals surface area contributed by atoms with Crippen LogP contribution in [-0.2, 0) is 0 Å². The summed E-state index contributed by atoms with van der Waals surface area (Å²) in [5.74, 6) is 0.850. The summed E-state index contributed by atoms with van der Waals surface area (Å²) >= 11 is 0. The largest absolute Gasteiger partial charge is 0.495 e. The zero-order chi connectivity index (χ0) is 9.68. The summed E-state index contributed by atoms with van der Waals surface area (Å²) in [6.07, 6.45) is 0. The van der Waals surface area contributed by atoms with Gasteiger partial charge in [-0.3, -0.25) is 0 Å². The molecule has 0 saturated heterocycles. The zero-order valence-electron chi connectivity index (χ0n) is 8.08. The van der Waals surface area contributed by atoms with Crippen LogP contribution in [0.15, 0.2) is 24.3 Å². The fourth-order valence-corrected chi connectivity index (χ4v) is 1.06. The molecule has 1 aromatic carbocycles. The summed E-state index contributed by atoms with van der Waals surface area (Å²) in [6.45, 7) is 2.71. The third-order valence-electron chi connectivity index (χ3n) is 1.72. The van der Waals surface area contributed by atoms with Crippen LogP contribution < -0.4 is 15.8 Å². The van der Waals surface area contributed by atoms with Crippen molar-refractivity contribution in [2.75, 3.05) is 19.0 Å². The summed E-state index contributed by atoms with van der Waals surface area (Å²) in [6, 6.07) is 7.94. The number of hydrogen-bond acceptors (Lipinski definition) is 3. The first-order valence-electron chi connectivity index (χ1n) is 4.36. The maximum atomic E-state index is 5.63. The van der Waals surface area contributed by atoms with Crippen molar-refractivity contribution in [2.45, 2.75) is 13.0 Å². The highest BCUT2D eigenvalue weighted by Crippen LogP contribution is 2.22. The quantitative estimate of drug-likeness (QED) is 0.737. The lowest BCUT2D eigenvalue weighted by atomic mass is 10.2. The number of hydrogen-bond donors (Lipinski definition) is 2. The SMILES string of the molecule is COc1ccccc1NCC(C)N. The monoisotopic (exact) mass is 180 g/mol. The van der Waals surface area contributed by atoms with Crippen molar-refractivity contribution in [3.8, 4) is 5.75 Å².